The van der Waals surface area contributed by atoms with E-state index in [4.69, 9.17) is 10.8 Å². The highest BCUT2D eigenvalue weighted by Crippen LogP contribution is 2.26. The van der Waals surface area contributed by atoms with E-state index in [1.807, 2.05) is 0 Å². The Morgan fingerprint density at radius 2 is 2.05 bits per heavy atom. The Morgan fingerprint density at radius 3 is 2.52 bits per heavy atom. The largest absolute Gasteiger partial charge is 0.481 e. The highest BCUT2D eigenvalue weighted by atomic mass is 16.6. The van der Waals surface area contributed by atoms with Gasteiger partial charge >= 0.3 is 5.97 Å². The summed E-state index contributed by atoms with van der Waals surface area (Å²) < 4.78 is 0. The van der Waals surface area contributed by atoms with Crippen LogP contribution < -0.4 is 10.6 Å². The fourth-order valence-corrected chi connectivity index (χ4v) is 2.32. The SMILES string of the molecule is NC(=O)c1cc([N+](=O)[O-])cnc1N1CCC(C(=O)O)CC1. The van der Waals surface area contributed by atoms with Crippen LogP contribution >= 0.6 is 0 Å². The van der Waals surface area contributed by atoms with Crippen LogP contribution in [0.3, 0.4) is 0 Å². The maximum absolute atomic E-state index is 11.5. The van der Waals surface area contributed by atoms with Crippen molar-refractivity contribution in [3.63, 3.8) is 0 Å². The molecule has 0 bridgehead atoms. The molecule has 1 aliphatic heterocycles. The number of hydrogen-bond donors (Lipinski definition) is 2. The standard InChI is InChI=1S/C12H14N4O5/c13-10(17)9-5-8(16(20)21)6-14-11(9)15-3-1-7(2-4-15)12(18)19/h5-7H,1-4H2,(H2,13,17)(H,18,19). The topological polar surface area (TPSA) is 140 Å². The number of hydrogen-bond acceptors (Lipinski definition) is 6. The lowest BCUT2D eigenvalue weighted by Gasteiger charge is -2.31. The van der Waals surface area contributed by atoms with E-state index < -0.39 is 22.7 Å². The van der Waals surface area contributed by atoms with Crippen LogP contribution in [0, 0.1) is 16.0 Å². The molecule has 1 fully saturated rings. The second kappa shape index (κ2) is 5.73. The van der Waals surface area contributed by atoms with Crippen molar-refractivity contribution < 1.29 is 19.6 Å². The van der Waals surface area contributed by atoms with E-state index in [9.17, 15) is 19.7 Å². The van der Waals surface area contributed by atoms with E-state index >= 15 is 0 Å². The van der Waals surface area contributed by atoms with E-state index in [0.717, 1.165) is 12.3 Å². The molecular formula is C12H14N4O5. The van der Waals surface area contributed by atoms with Crippen molar-refractivity contribution in [2.45, 2.75) is 12.8 Å². The number of aliphatic carboxylic acids is 1. The van der Waals surface area contributed by atoms with Gasteiger partial charge in [-0.25, -0.2) is 4.98 Å². The van der Waals surface area contributed by atoms with Gasteiger partial charge in [-0.3, -0.25) is 19.7 Å². The predicted molar refractivity (Wildman–Crippen MR) is 72.0 cm³/mol. The highest BCUT2D eigenvalue weighted by Gasteiger charge is 2.28. The van der Waals surface area contributed by atoms with Crippen LogP contribution in [0.15, 0.2) is 12.3 Å². The first kappa shape index (κ1) is 14.7. The maximum Gasteiger partial charge on any atom is 0.306 e. The summed E-state index contributed by atoms with van der Waals surface area (Å²) in [4.78, 5) is 38.1. The van der Waals surface area contributed by atoms with Crippen LogP contribution in [0.2, 0.25) is 0 Å². The third-order valence-electron chi connectivity index (χ3n) is 3.47. The molecule has 0 spiro atoms. The number of carbonyl (C=O) groups is 2. The van der Waals surface area contributed by atoms with Gasteiger partial charge in [0.2, 0.25) is 0 Å². The number of nitrogens with zero attached hydrogens (tertiary/aromatic N) is 3. The summed E-state index contributed by atoms with van der Waals surface area (Å²) in [6.07, 6.45) is 1.91. The average molecular weight is 294 g/mol. The Kier molecular flexibility index (Phi) is 4.01. The Balaban J connectivity index is 2.26. The quantitative estimate of drug-likeness (QED) is 0.604. The minimum atomic E-state index is -0.846. The number of aromatic nitrogens is 1. The molecule has 1 aromatic heterocycles. The van der Waals surface area contributed by atoms with Gasteiger partial charge in [0.15, 0.2) is 0 Å². The van der Waals surface area contributed by atoms with Gasteiger partial charge < -0.3 is 15.7 Å². The number of anilines is 1. The second-order valence-corrected chi connectivity index (χ2v) is 4.79. The highest BCUT2D eigenvalue weighted by molar-refractivity contribution is 5.98. The molecule has 0 radical (unpaired) electrons. The summed E-state index contributed by atoms with van der Waals surface area (Å²) >= 11 is 0. The number of carboxylic acid groups (broad SMARTS) is 1. The van der Waals surface area contributed by atoms with Crippen molar-refractivity contribution in [3.8, 4) is 0 Å². The lowest BCUT2D eigenvalue weighted by atomic mass is 9.97. The summed E-state index contributed by atoms with van der Waals surface area (Å²) in [7, 11) is 0. The number of amides is 1. The van der Waals surface area contributed by atoms with Gasteiger partial charge in [-0.1, -0.05) is 0 Å². The van der Waals surface area contributed by atoms with Gasteiger partial charge in [-0.2, -0.15) is 0 Å². The summed E-state index contributed by atoms with van der Waals surface area (Å²) in [6.45, 7) is 0.810. The number of nitrogens with two attached hydrogens (primary N) is 1. The first-order chi connectivity index (χ1) is 9.90. The Morgan fingerprint density at radius 1 is 1.43 bits per heavy atom. The molecule has 0 unspecified atom stereocenters. The van der Waals surface area contributed by atoms with Crippen molar-refractivity contribution in [2.24, 2.45) is 11.7 Å². The minimum absolute atomic E-state index is 0.0297. The summed E-state index contributed by atoms with van der Waals surface area (Å²) in [5.41, 5.74) is 4.90. The molecule has 9 heteroatoms. The van der Waals surface area contributed by atoms with Crippen molar-refractivity contribution in [1.29, 1.82) is 0 Å². The van der Waals surface area contributed by atoms with E-state index in [-0.39, 0.29) is 17.1 Å². The average Bonchev–Trinajstić information content (AvgIpc) is 2.46. The summed E-state index contributed by atoms with van der Waals surface area (Å²) in [5.74, 6) is -1.81. The molecule has 0 saturated carbocycles. The molecule has 2 rings (SSSR count). The second-order valence-electron chi connectivity index (χ2n) is 4.79. The lowest BCUT2D eigenvalue weighted by molar-refractivity contribution is -0.385. The summed E-state index contributed by atoms with van der Waals surface area (Å²) in [6, 6.07) is 1.09. The fourth-order valence-electron chi connectivity index (χ4n) is 2.32. The van der Waals surface area contributed by atoms with E-state index in [1.54, 1.807) is 4.90 Å². The van der Waals surface area contributed by atoms with Crippen LogP contribution in [0.25, 0.3) is 0 Å². The molecule has 1 aliphatic rings. The van der Waals surface area contributed by atoms with Crippen molar-refractivity contribution in [2.75, 3.05) is 18.0 Å². The third kappa shape index (κ3) is 3.07. The zero-order valence-electron chi connectivity index (χ0n) is 11.1. The van der Waals surface area contributed by atoms with Crippen LogP contribution in [-0.4, -0.2) is 40.0 Å². The molecule has 0 atom stereocenters. The number of primary amides is 1. The van der Waals surface area contributed by atoms with Gasteiger partial charge in [0.1, 0.15) is 12.0 Å². The van der Waals surface area contributed by atoms with E-state index in [0.29, 0.717) is 25.9 Å². The van der Waals surface area contributed by atoms with Crippen molar-refractivity contribution in [3.05, 3.63) is 27.9 Å². The normalized spacial score (nSPS) is 15.7. The van der Waals surface area contributed by atoms with Crippen LogP contribution in [-0.2, 0) is 4.79 Å². The van der Waals surface area contributed by atoms with Gasteiger partial charge in [0.25, 0.3) is 11.6 Å². The molecule has 9 nitrogen and oxygen atoms in total. The molecule has 1 saturated heterocycles. The first-order valence-electron chi connectivity index (χ1n) is 6.32. The van der Waals surface area contributed by atoms with Gasteiger partial charge in [-0.05, 0) is 12.8 Å². The number of nitro groups is 1. The first-order valence-corrected chi connectivity index (χ1v) is 6.32. The minimum Gasteiger partial charge on any atom is -0.481 e. The smallest absolute Gasteiger partial charge is 0.306 e. The lowest BCUT2D eigenvalue weighted by Crippen LogP contribution is -2.38. The zero-order chi connectivity index (χ0) is 15.6. The molecule has 112 valence electrons. The number of carboxylic acids is 1. The Hall–Kier alpha value is -2.71. The molecule has 21 heavy (non-hydrogen) atoms. The molecule has 1 amide bonds. The third-order valence-corrected chi connectivity index (χ3v) is 3.47. The number of carbonyl (C=O) groups excluding carboxylic acids is 1. The number of piperidine rings is 1. The van der Waals surface area contributed by atoms with Crippen molar-refractivity contribution in [1.82, 2.24) is 4.98 Å². The molecule has 2 heterocycles. The zero-order valence-corrected chi connectivity index (χ0v) is 11.1. The number of rotatable bonds is 4. The molecule has 0 aliphatic carbocycles. The fraction of sp³-hybridized carbons (Fsp3) is 0.417. The molecule has 0 aromatic carbocycles. The molecule has 1 aromatic rings. The summed E-state index contributed by atoms with van der Waals surface area (Å²) in [5, 5.41) is 19.7. The van der Waals surface area contributed by atoms with Gasteiger partial charge in [0.05, 0.1) is 16.4 Å². The van der Waals surface area contributed by atoms with Crippen molar-refractivity contribution >= 4 is 23.4 Å². The van der Waals surface area contributed by atoms with Gasteiger partial charge in [-0.15, -0.1) is 0 Å². The van der Waals surface area contributed by atoms with Crippen LogP contribution in [0.5, 0.6) is 0 Å². The van der Waals surface area contributed by atoms with Gasteiger partial charge in [0, 0.05) is 19.2 Å². The number of pyridine rings is 1. The van der Waals surface area contributed by atoms with E-state index in [1.165, 1.54) is 0 Å². The maximum atomic E-state index is 11.5. The molecule has 3 N–H and O–H groups in total. The van der Waals surface area contributed by atoms with Crippen LogP contribution in [0.1, 0.15) is 23.2 Å². The Bertz CT molecular complexity index is 595. The predicted octanol–water partition coefficient (Wildman–Crippen LogP) is 0.390. The van der Waals surface area contributed by atoms with Crippen LogP contribution in [0.4, 0.5) is 11.5 Å². The monoisotopic (exact) mass is 294 g/mol. The molecular weight excluding hydrogens is 280 g/mol. The van der Waals surface area contributed by atoms with E-state index in [2.05, 4.69) is 4.98 Å². The Labute approximate surface area is 119 Å².